The van der Waals surface area contributed by atoms with E-state index in [1.54, 1.807) is 4.90 Å². The number of likely N-dealkylation sites (tertiary alicyclic amines) is 1. The van der Waals surface area contributed by atoms with Gasteiger partial charge in [-0.25, -0.2) is 0 Å². The number of piperazine rings is 1. The fourth-order valence-corrected chi connectivity index (χ4v) is 3.91. The lowest BCUT2D eigenvalue weighted by Gasteiger charge is -2.36. The van der Waals surface area contributed by atoms with E-state index < -0.39 is 0 Å². The van der Waals surface area contributed by atoms with Gasteiger partial charge in [-0.1, -0.05) is 25.1 Å². The van der Waals surface area contributed by atoms with Crippen LogP contribution in [-0.2, 0) is 14.4 Å². The molecule has 1 atom stereocenters. The molecular formula is C21H30N4O3. The van der Waals surface area contributed by atoms with Crippen LogP contribution in [0, 0.1) is 5.92 Å². The molecule has 1 N–H and O–H groups in total. The van der Waals surface area contributed by atoms with E-state index in [1.165, 1.54) is 5.69 Å². The van der Waals surface area contributed by atoms with Crippen molar-refractivity contribution in [3.8, 4) is 0 Å². The van der Waals surface area contributed by atoms with Gasteiger partial charge in [0, 0.05) is 51.4 Å². The summed E-state index contributed by atoms with van der Waals surface area (Å²) in [6.45, 7) is 5.95. The summed E-state index contributed by atoms with van der Waals surface area (Å²) in [5.41, 5.74) is 1.17. The second-order valence-electron chi connectivity index (χ2n) is 7.45. The fourth-order valence-electron chi connectivity index (χ4n) is 3.91. The van der Waals surface area contributed by atoms with Gasteiger partial charge in [0.1, 0.15) is 0 Å². The van der Waals surface area contributed by atoms with Crippen molar-refractivity contribution in [2.45, 2.75) is 26.2 Å². The van der Waals surface area contributed by atoms with Crippen LogP contribution in [-0.4, -0.2) is 73.3 Å². The number of hydrogen-bond donors (Lipinski definition) is 1. The Morgan fingerprint density at radius 3 is 2.36 bits per heavy atom. The third-order valence-corrected chi connectivity index (χ3v) is 5.61. The van der Waals surface area contributed by atoms with Gasteiger partial charge in [0.15, 0.2) is 0 Å². The lowest BCUT2D eigenvalue weighted by molar-refractivity contribution is -0.137. The summed E-state index contributed by atoms with van der Waals surface area (Å²) < 4.78 is 0. The zero-order chi connectivity index (χ0) is 19.9. The van der Waals surface area contributed by atoms with E-state index in [0.29, 0.717) is 26.1 Å². The molecule has 1 aromatic carbocycles. The van der Waals surface area contributed by atoms with Crippen LogP contribution < -0.4 is 10.2 Å². The topological polar surface area (TPSA) is 73.0 Å². The predicted molar refractivity (Wildman–Crippen MR) is 108 cm³/mol. The number of para-hydroxylation sites is 1. The molecule has 7 heteroatoms. The van der Waals surface area contributed by atoms with E-state index in [4.69, 9.17) is 0 Å². The molecule has 0 saturated carbocycles. The second-order valence-corrected chi connectivity index (χ2v) is 7.45. The van der Waals surface area contributed by atoms with Crippen LogP contribution in [0.1, 0.15) is 26.2 Å². The fraction of sp³-hybridized carbons (Fsp3) is 0.571. The molecular weight excluding hydrogens is 356 g/mol. The molecule has 28 heavy (non-hydrogen) atoms. The van der Waals surface area contributed by atoms with Crippen LogP contribution in [0.25, 0.3) is 0 Å². The molecule has 1 unspecified atom stereocenters. The highest BCUT2D eigenvalue weighted by Gasteiger charge is 2.28. The van der Waals surface area contributed by atoms with Gasteiger partial charge in [-0.3, -0.25) is 14.4 Å². The zero-order valence-corrected chi connectivity index (χ0v) is 16.6. The van der Waals surface area contributed by atoms with E-state index in [2.05, 4.69) is 22.3 Å². The van der Waals surface area contributed by atoms with Crippen molar-refractivity contribution < 1.29 is 14.4 Å². The molecule has 2 aliphatic rings. The molecule has 152 valence electrons. The van der Waals surface area contributed by atoms with Gasteiger partial charge >= 0.3 is 0 Å². The van der Waals surface area contributed by atoms with Crippen molar-refractivity contribution in [3.05, 3.63) is 30.3 Å². The summed E-state index contributed by atoms with van der Waals surface area (Å²) in [7, 11) is 0. The monoisotopic (exact) mass is 386 g/mol. The standard InChI is InChI=1S/C21H30N4O3/c1-2-19(26)25-10-6-7-17(16-25)21(28)22-15-20(27)24-13-11-23(12-14-24)18-8-4-3-5-9-18/h3-5,8-9,17H,2,6-7,10-16H2,1H3,(H,22,28). The van der Waals surface area contributed by atoms with Gasteiger partial charge in [0.2, 0.25) is 17.7 Å². The van der Waals surface area contributed by atoms with Crippen LogP contribution in [0.4, 0.5) is 5.69 Å². The minimum absolute atomic E-state index is 0.0302. The smallest absolute Gasteiger partial charge is 0.242 e. The summed E-state index contributed by atoms with van der Waals surface area (Å²) in [6, 6.07) is 10.2. The molecule has 7 nitrogen and oxygen atoms in total. The van der Waals surface area contributed by atoms with Crippen molar-refractivity contribution in [2.75, 3.05) is 50.7 Å². The molecule has 0 aromatic heterocycles. The minimum Gasteiger partial charge on any atom is -0.368 e. The highest BCUT2D eigenvalue weighted by atomic mass is 16.2. The number of rotatable bonds is 5. The molecule has 0 bridgehead atoms. The third-order valence-electron chi connectivity index (χ3n) is 5.61. The Morgan fingerprint density at radius 1 is 0.964 bits per heavy atom. The van der Waals surface area contributed by atoms with E-state index in [1.807, 2.05) is 30.0 Å². The van der Waals surface area contributed by atoms with Crippen molar-refractivity contribution in [1.82, 2.24) is 15.1 Å². The number of nitrogens with one attached hydrogen (secondary N) is 1. The van der Waals surface area contributed by atoms with Crippen molar-refractivity contribution in [1.29, 1.82) is 0 Å². The molecule has 2 fully saturated rings. The van der Waals surface area contributed by atoms with E-state index >= 15 is 0 Å². The molecule has 3 rings (SSSR count). The van der Waals surface area contributed by atoms with Crippen LogP contribution in [0.15, 0.2) is 30.3 Å². The highest BCUT2D eigenvalue weighted by Crippen LogP contribution is 2.18. The first-order valence-corrected chi connectivity index (χ1v) is 10.2. The first-order chi connectivity index (χ1) is 13.6. The maximum atomic E-state index is 12.5. The Hall–Kier alpha value is -2.57. The van der Waals surface area contributed by atoms with E-state index in [9.17, 15) is 14.4 Å². The zero-order valence-electron chi connectivity index (χ0n) is 16.6. The maximum Gasteiger partial charge on any atom is 0.242 e. The molecule has 0 radical (unpaired) electrons. The summed E-state index contributed by atoms with van der Waals surface area (Å²) >= 11 is 0. The van der Waals surface area contributed by atoms with Crippen LogP contribution in [0.3, 0.4) is 0 Å². The molecule has 0 spiro atoms. The van der Waals surface area contributed by atoms with Crippen LogP contribution in [0.5, 0.6) is 0 Å². The Bertz CT molecular complexity index is 686. The highest BCUT2D eigenvalue weighted by molar-refractivity contribution is 5.86. The van der Waals surface area contributed by atoms with Crippen LogP contribution >= 0.6 is 0 Å². The molecule has 2 heterocycles. The van der Waals surface area contributed by atoms with Gasteiger partial charge in [-0.2, -0.15) is 0 Å². The Labute approximate surface area is 166 Å². The number of piperidine rings is 1. The number of anilines is 1. The lowest BCUT2D eigenvalue weighted by atomic mass is 9.97. The van der Waals surface area contributed by atoms with Crippen molar-refractivity contribution in [2.24, 2.45) is 5.92 Å². The number of amides is 3. The predicted octanol–water partition coefficient (Wildman–Crippen LogP) is 1.10. The van der Waals surface area contributed by atoms with Gasteiger partial charge in [0.05, 0.1) is 12.5 Å². The average molecular weight is 386 g/mol. The van der Waals surface area contributed by atoms with Gasteiger partial charge in [-0.05, 0) is 25.0 Å². The number of hydrogen-bond acceptors (Lipinski definition) is 4. The first-order valence-electron chi connectivity index (χ1n) is 10.2. The summed E-state index contributed by atoms with van der Waals surface area (Å²) in [4.78, 5) is 42.6. The van der Waals surface area contributed by atoms with Gasteiger partial charge in [0.25, 0.3) is 0 Å². The number of nitrogens with zero attached hydrogens (tertiary/aromatic N) is 3. The largest absolute Gasteiger partial charge is 0.368 e. The number of carbonyl (C=O) groups is 3. The lowest BCUT2D eigenvalue weighted by Crippen LogP contribution is -2.52. The Balaban J connectivity index is 1.42. The van der Waals surface area contributed by atoms with E-state index in [-0.39, 0.29) is 30.2 Å². The molecule has 2 aliphatic heterocycles. The quantitative estimate of drug-likeness (QED) is 0.823. The molecule has 3 amide bonds. The Morgan fingerprint density at radius 2 is 1.68 bits per heavy atom. The summed E-state index contributed by atoms with van der Waals surface area (Å²) in [6.07, 6.45) is 2.06. The molecule has 1 aromatic rings. The summed E-state index contributed by atoms with van der Waals surface area (Å²) in [5, 5.41) is 2.79. The van der Waals surface area contributed by atoms with Crippen LogP contribution in [0.2, 0.25) is 0 Å². The van der Waals surface area contributed by atoms with Crippen molar-refractivity contribution >= 4 is 23.4 Å². The van der Waals surface area contributed by atoms with Gasteiger partial charge in [-0.15, -0.1) is 0 Å². The minimum atomic E-state index is -0.216. The number of benzene rings is 1. The molecule has 0 aliphatic carbocycles. The normalized spacial score (nSPS) is 20.0. The third kappa shape index (κ3) is 5.03. The summed E-state index contributed by atoms with van der Waals surface area (Å²) in [5.74, 6) is -0.292. The average Bonchev–Trinajstić information content (AvgIpc) is 2.77. The van der Waals surface area contributed by atoms with Gasteiger partial charge < -0.3 is 20.0 Å². The first kappa shape index (κ1) is 20.2. The second kappa shape index (κ2) is 9.57. The van der Waals surface area contributed by atoms with E-state index in [0.717, 1.165) is 32.5 Å². The molecule has 2 saturated heterocycles. The SMILES string of the molecule is CCC(=O)N1CCCC(C(=O)NCC(=O)N2CCN(c3ccccc3)CC2)C1. The maximum absolute atomic E-state index is 12.5. The number of carbonyl (C=O) groups excluding carboxylic acids is 3. The van der Waals surface area contributed by atoms with Crippen molar-refractivity contribution in [3.63, 3.8) is 0 Å². The Kier molecular flexibility index (Phi) is 6.90.